The molecule has 6 nitrogen and oxygen atoms in total. The van der Waals surface area contributed by atoms with Gasteiger partial charge < -0.3 is 19.9 Å². The van der Waals surface area contributed by atoms with Gasteiger partial charge in [0.1, 0.15) is 6.61 Å². The lowest BCUT2D eigenvalue weighted by Crippen LogP contribution is -2.62. The number of piperidine rings is 1. The lowest BCUT2D eigenvalue weighted by molar-refractivity contribution is -0.139. The highest BCUT2D eigenvalue weighted by Gasteiger charge is 2.38. The molecule has 0 radical (unpaired) electrons. The van der Waals surface area contributed by atoms with Crippen LogP contribution < -0.4 is 5.32 Å². The van der Waals surface area contributed by atoms with E-state index in [0.717, 1.165) is 30.4 Å². The van der Waals surface area contributed by atoms with Gasteiger partial charge in [-0.2, -0.15) is 0 Å². The number of likely N-dealkylation sites (tertiary alicyclic amines) is 2. The van der Waals surface area contributed by atoms with E-state index < -0.39 is 0 Å². The zero-order valence-electron chi connectivity index (χ0n) is 14.0. The van der Waals surface area contributed by atoms with Crippen LogP contribution in [0.3, 0.4) is 0 Å². The van der Waals surface area contributed by atoms with Gasteiger partial charge in [-0.1, -0.05) is 28.1 Å². The fraction of sp³-hybridized carbons (Fsp3) is 0.556. The number of nitrogens with zero attached hydrogens (tertiary/aromatic N) is 2. The molecule has 3 heterocycles. The van der Waals surface area contributed by atoms with E-state index in [0.29, 0.717) is 19.0 Å². The Balaban J connectivity index is 1.37. The van der Waals surface area contributed by atoms with Crippen molar-refractivity contribution < 1.29 is 14.3 Å². The number of urea groups is 1. The molecule has 1 N–H and O–H groups in total. The second-order valence-electron chi connectivity index (χ2n) is 7.02. The molecule has 3 saturated heterocycles. The lowest BCUT2D eigenvalue weighted by atomic mass is 9.99. The second kappa shape index (κ2) is 6.96. The summed E-state index contributed by atoms with van der Waals surface area (Å²) >= 11 is 3.46. The van der Waals surface area contributed by atoms with Crippen molar-refractivity contribution >= 4 is 27.9 Å². The molecule has 0 saturated carbocycles. The van der Waals surface area contributed by atoms with Crippen LogP contribution in [0.5, 0.6) is 0 Å². The van der Waals surface area contributed by atoms with Gasteiger partial charge in [0.15, 0.2) is 0 Å². The predicted molar refractivity (Wildman–Crippen MR) is 96.3 cm³/mol. The maximum absolute atomic E-state index is 12.9. The standard InChI is InChI=1S/C18H22BrN3O3/c19-14-3-1-12(2-4-14)13-5-7-21(9-13)18(24)22-8-6-16-15(10-22)20-17(23)11-25-16/h1-4,13,15-16H,5-11H2,(H,20,23)/t13?,15-,16+/m1/s1. The first-order valence-corrected chi connectivity index (χ1v) is 9.60. The van der Waals surface area contributed by atoms with E-state index in [9.17, 15) is 9.59 Å². The number of morpholine rings is 1. The molecule has 134 valence electrons. The van der Waals surface area contributed by atoms with Crippen LogP contribution in [-0.2, 0) is 9.53 Å². The number of hydrogen-bond acceptors (Lipinski definition) is 3. The van der Waals surface area contributed by atoms with Crippen LogP contribution in [0, 0.1) is 0 Å². The molecule has 1 aromatic carbocycles. The van der Waals surface area contributed by atoms with Crippen LogP contribution in [0.15, 0.2) is 28.7 Å². The van der Waals surface area contributed by atoms with Gasteiger partial charge in [0.25, 0.3) is 0 Å². The van der Waals surface area contributed by atoms with E-state index in [4.69, 9.17) is 4.74 Å². The summed E-state index contributed by atoms with van der Waals surface area (Å²) in [5.41, 5.74) is 1.28. The van der Waals surface area contributed by atoms with Gasteiger partial charge >= 0.3 is 6.03 Å². The number of carbonyl (C=O) groups excluding carboxylic acids is 2. The van der Waals surface area contributed by atoms with Crippen molar-refractivity contribution in [2.75, 3.05) is 32.8 Å². The topological polar surface area (TPSA) is 61.9 Å². The molecule has 0 spiro atoms. The highest BCUT2D eigenvalue weighted by molar-refractivity contribution is 9.10. The molecule has 0 aliphatic carbocycles. The normalized spacial score (nSPS) is 29.3. The number of amides is 3. The van der Waals surface area contributed by atoms with Gasteiger partial charge in [-0.25, -0.2) is 4.79 Å². The van der Waals surface area contributed by atoms with Crippen LogP contribution in [0.25, 0.3) is 0 Å². The van der Waals surface area contributed by atoms with Gasteiger partial charge in [0.05, 0.1) is 12.1 Å². The molecule has 25 heavy (non-hydrogen) atoms. The summed E-state index contributed by atoms with van der Waals surface area (Å²) in [5, 5.41) is 2.95. The van der Waals surface area contributed by atoms with Crippen molar-refractivity contribution in [1.29, 1.82) is 0 Å². The minimum atomic E-state index is -0.0907. The molecule has 3 atom stereocenters. The molecule has 3 amide bonds. The molecule has 3 fully saturated rings. The molecular weight excluding hydrogens is 386 g/mol. The summed E-state index contributed by atoms with van der Waals surface area (Å²) in [6.07, 6.45) is 1.81. The van der Waals surface area contributed by atoms with Gasteiger partial charge in [-0.3, -0.25) is 4.79 Å². The number of hydrogen-bond donors (Lipinski definition) is 1. The smallest absolute Gasteiger partial charge is 0.320 e. The number of benzene rings is 1. The molecule has 3 aliphatic heterocycles. The van der Waals surface area contributed by atoms with Gasteiger partial charge in [-0.05, 0) is 30.5 Å². The third kappa shape index (κ3) is 3.53. The maximum Gasteiger partial charge on any atom is 0.320 e. The van der Waals surface area contributed by atoms with Crippen LogP contribution in [0.1, 0.15) is 24.3 Å². The number of fused-ring (bicyclic) bond motifs is 1. The minimum absolute atomic E-state index is 0.0378. The monoisotopic (exact) mass is 407 g/mol. The number of nitrogens with one attached hydrogen (secondary N) is 1. The Morgan fingerprint density at radius 1 is 1.12 bits per heavy atom. The van der Waals surface area contributed by atoms with Crippen molar-refractivity contribution in [2.45, 2.75) is 30.9 Å². The molecule has 1 unspecified atom stereocenters. The van der Waals surface area contributed by atoms with Crippen molar-refractivity contribution in [3.63, 3.8) is 0 Å². The van der Waals surface area contributed by atoms with E-state index in [2.05, 4.69) is 45.5 Å². The predicted octanol–water partition coefficient (Wildman–Crippen LogP) is 1.95. The van der Waals surface area contributed by atoms with E-state index in [1.165, 1.54) is 5.56 Å². The number of rotatable bonds is 1. The van der Waals surface area contributed by atoms with E-state index in [-0.39, 0.29) is 30.7 Å². The SMILES string of the molecule is O=C1CO[C@H]2CCN(C(=O)N3CCC(c4ccc(Br)cc4)C3)C[C@H]2N1. The third-order valence-electron chi connectivity index (χ3n) is 5.39. The fourth-order valence-corrected chi connectivity index (χ4v) is 4.28. The van der Waals surface area contributed by atoms with Crippen molar-refractivity contribution in [1.82, 2.24) is 15.1 Å². The fourth-order valence-electron chi connectivity index (χ4n) is 4.01. The summed E-state index contributed by atoms with van der Waals surface area (Å²) in [5.74, 6) is 0.305. The second-order valence-corrected chi connectivity index (χ2v) is 7.94. The highest BCUT2D eigenvalue weighted by atomic mass is 79.9. The molecule has 3 aliphatic rings. The molecule has 4 rings (SSSR count). The van der Waals surface area contributed by atoms with Crippen molar-refractivity contribution in [3.05, 3.63) is 34.3 Å². The minimum Gasteiger partial charge on any atom is -0.366 e. The van der Waals surface area contributed by atoms with Gasteiger partial charge in [0, 0.05) is 36.6 Å². The summed E-state index contributed by atoms with van der Waals surface area (Å²) in [7, 11) is 0. The Morgan fingerprint density at radius 2 is 1.84 bits per heavy atom. The Bertz CT molecular complexity index is 666. The van der Waals surface area contributed by atoms with Crippen LogP contribution in [-0.4, -0.2) is 66.7 Å². The lowest BCUT2D eigenvalue weighted by Gasteiger charge is -2.42. The van der Waals surface area contributed by atoms with Crippen LogP contribution in [0.4, 0.5) is 4.79 Å². The zero-order valence-corrected chi connectivity index (χ0v) is 15.6. The molecule has 7 heteroatoms. The maximum atomic E-state index is 12.9. The summed E-state index contributed by atoms with van der Waals surface area (Å²) < 4.78 is 6.64. The first-order valence-electron chi connectivity index (χ1n) is 8.80. The van der Waals surface area contributed by atoms with Crippen LogP contribution >= 0.6 is 15.9 Å². The largest absolute Gasteiger partial charge is 0.366 e. The Labute approximate surface area is 155 Å². The van der Waals surface area contributed by atoms with Crippen LogP contribution in [0.2, 0.25) is 0 Å². The first kappa shape index (κ1) is 16.8. The van der Waals surface area contributed by atoms with Gasteiger partial charge in [0.2, 0.25) is 5.91 Å². The molecular formula is C18H22BrN3O3. The summed E-state index contributed by atoms with van der Waals surface area (Å²) in [6, 6.07) is 8.36. The number of halogens is 1. The van der Waals surface area contributed by atoms with Crippen molar-refractivity contribution in [2.24, 2.45) is 0 Å². The highest BCUT2D eigenvalue weighted by Crippen LogP contribution is 2.29. The molecule has 0 aromatic heterocycles. The quantitative estimate of drug-likeness (QED) is 0.773. The van der Waals surface area contributed by atoms with Crippen molar-refractivity contribution in [3.8, 4) is 0 Å². The van der Waals surface area contributed by atoms with E-state index >= 15 is 0 Å². The zero-order chi connectivity index (χ0) is 17.4. The van der Waals surface area contributed by atoms with E-state index in [1.807, 2.05) is 9.80 Å². The Kier molecular flexibility index (Phi) is 4.69. The number of carbonyl (C=O) groups is 2. The number of ether oxygens (including phenoxy) is 1. The molecule has 0 bridgehead atoms. The van der Waals surface area contributed by atoms with E-state index in [1.54, 1.807) is 0 Å². The molecule has 1 aromatic rings. The summed E-state index contributed by atoms with van der Waals surface area (Å²) in [6.45, 7) is 2.90. The van der Waals surface area contributed by atoms with Gasteiger partial charge in [-0.15, -0.1) is 0 Å². The Morgan fingerprint density at radius 3 is 2.64 bits per heavy atom. The third-order valence-corrected chi connectivity index (χ3v) is 5.92. The summed E-state index contributed by atoms with van der Waals surface area (Å²) in [4.78, 5) is 28.2. The first-order chi connectivity index (χ1) is 12.1. The average Bonchev–Trinajstić information content (AvgIpc) is 3.11. The Hall–Kier alpha value is -1.60. The average molecular weight is 408 g/mol.